The number of benzene rings is 2. The van der Waals surface area contributed by atoms with Crippen LogP contribution in [0.3, 0.4) is 0 Å². The second kappa shape index (κ2) is 8.73. The highest BCUT2D eigenvalue weighted by atomic mass is 32.2. The SMILES string of the molecule is CCN(CCN1C(=O)[C@@H](C)S[C@@H]1c1ccccc1F)C(=O)c1cccc(F)c1. The van der Waals surface area contributed by atoms with E-state index in [-0.39, 0.29) is 41.5 Å². The van der Waals surface area contributed by atoms with Gasteiger partial charge < -0.3 is 9.80 Å². The Morgan fingerprint density at radius 1 is 1.18 bits per heavy atom. The Morgan fingerprint density at radius 2 is 1.93 bits per heavy atom. The van der Waals surface area contributed by atoms with Crippen molar-refractivity contribution in [2.75, 3.05) is 19.6 Å². The number of nitrogens with zero attached hydrogens (tertiary/aromatic N) is 2. The molecule has 0 N–H and O–H groups in total. The maximum Gasteiger partial charge on any atom is 0.254 e. The molecule has 1 heterocycles. The molecule has 0 aromatic heterocycles. The minimum atomic E-state index is -0.471. The van der Waals surface area contributed by atoms with Crippen molar-refractivity contribution in [3.8, 4) is 0 Å². The van der Waals surface area contributed by atoms with Gasteiger partial charge in [0.25, 0.3) is 5.91 Å². The standard InChI is InChI=1S/C21H22F2N2O2S/c1-3-24(20(27)15-7-6-8-16(22)13-15)11-12-25-19(26)14(2)28-21(25)17-9-4-5-10-18(17)23/h4-10,13-14,21H,3,11-12H2,1-2H3/t14-,21-/m1/s1. The van der Waals surface area contributed by atoms with E-state index in [0.29, 0.717) is 12.1 Å². The minimum Gasteiger partial charge on any atom is -0.337 e. The highest BCUT2D eigenvalue weighted by Gasteiger charge is 2.39. The van der Waals surface area contributed by atoms with Crippen LogP contribution in [0.15, 0.2) is 48.5 Å². The lowest BCUT2D eigenvalue weighted by atomic mass is 10.1. The third-order valence-electron chi connectivity index (χ3n) is 4.77. The molecule has 1 aliphatic heterocycles. The summed E-state index contributed by atoms with van der Waals surface area (Å²) < 4.78 is 27.7. The van der Waals surface area contributed by atoms with Gasteiger partial charge in [-0.3, -0.25) is 9.59 Å². The van der Waals surface area contributed by atoms with E-state index < -0.39 is 11.2 Å². The molecular formula is C21H22F2N2O2S. The monoisotopic (exact) mass is 404 g/mol. The van der Waals surface area contributed by atoms with Crippen LogP contribution in [0.2, 0.25) is 0 Å². The first-order valence-corrected chi connectivity index (χ1v) is 10.1. The van der Waals surface area contributed by atoms with E-state index in [1.54, 1.807) is 41.0 Å². The summed E-state index contributed by atoms with van der Waals surface area (Å²) in [6.07, 6.45) is 0. The summed E-state index contributed by atoms with van der Waals surface area (Å²) in [5.74, 6) is -1.19. The summed E-state index contributed by atoms with van der Waals surface area (Å²) >= 11 is 1.40. The number of hydrogen-bond acceptors (Lipinski definition) is 3. The number of thioether (sulfide) groups is 1. The van der Waals surface area contributed by atoms with Crippen molar-refractivity contribution < 1.29 is 18.4 Å². The second-order valence-corrected chi connectivity index (χ2v) is 8.00. The molecule has 2 aromatic carbocycles. The molecule has 2 aromatic rings. The number of likely N-dealkylation sites (N-methyl/N-ethyl adjacent to an activating group) is 1. The van der Waals surface area contributed by atoms with E-state index in [2.05, 4.69) is 0 Å². The van der Waals surface area contributed by atoms with Gasteiger partial charge in [0.05, 0.1) is 5.25 Å². The molecule has 2 amide bonds. The maximum absolute atomic E-state index is 14.3. The molecule has 148 valence electrons. The van der Waals surface area contributed by atoms with Gasteiger partial charge in [-0.1, -0.05) is 24.3 Å². The van der Waals surface area contributed by atoms with Crippen molar-refractivity contribution in [3.63, 3.8) is 0 Å². The van der Waals surface area contributed by atoms with Crippen molar-refractivity contribution in [1.82, 2.24) is 9.80 Å². The lowest BCUT2D eigenvalue weighted by Crippen LogP contribution is -2.40. The summed E-state index contributed by atoms with van der Waals surface area (Å²) in [6, 6.07) is 12.0. The fraction of sp³-hybridized carbons (Fsp3) is 0.333. The third-order valence-corrected chi connectivity index (χ3v) is 6.15. The Balaban J connectivity index is 1.75. The first-order valence-electron chi connectivity index (χ1n) is 9.17. The van der Waals surface area contributed by atoms with Crippen LogP contribution in [0.1, 0.15) is 35.1 Å². The first-order chi connectivity index (χ1) is 13.4. The summed E-state index contributed by atoms with van der Waals surface area (Å²) in [7, 11) is 0. The molecule has 4 nitrogen and oxygen atoms in total. The van der Waals surface area contributed by atoms with Crippen molar-refractivity contribution in [1.29, 1.82) is 0 Å². The molecule has 1 fully saturated rings. The fourth-order valence-electron chi connectivity index (χ4n) is 3.25. The Bertz CT molecular complexity index is 877. The van der Waals surface area contributed by atoms with Gasteiger partial charge in [-0.15, -0.1) is 11.8 Å². The number of hydrogen-bond donors (Lipinski definition) is 0. The van der Waals surface area contributed by atoms with E-state index >= 15 is 0 Å². The van der Waals surface area contributed by atoms with E-state index in [1.807, 2.05) is 6.92 Å². The van der Waals surface area contributed by atoms with E-state index in [1.165, 1.54) is 36.0 Å². The topological polar surface area (TPSA) is 40.6 Å². The minimum absolute atomic E-state index is 0.0764. The van der Waals surface area contributed by atoms with E-state index in [9.17, 15) is 18.4 Å². The Kier molecular flexibility index (Phi) is 6.34. The van der Waals surface area contributed by atoms with Crippen LogP contribution in [-0.4, -0.2) is 46.5 Å². The molecule has 0 aliphatic carbocycles. The van der Waals surface area contributed by atoms with Crippen LogP contribution in [0.4, 0.5) is 8.78 Å². The van der Waals surface area contributed by atoms with Gasteiger partial charge in [-0.2, -0.15) is 0 Å². The quantitative estimate of drug-likeness (QED) is 0.728. The Morgan fingerprint density at radius 3 is 2.61 bits per heavy atom. The van der Waals surface area contributed by atoms with Gasteiger partial charge in [-0.25, -0.2) is 8.78 Å². The van der Waals surface area contributed by atoms with Gasteiger partial charge in [0.1, 0.15) is 17.0 Å². The van der Waals surface area contributed by atoms with Crippen LogP contribution < -0.4 is 0 Å². The van der Waals surface area contributed by atoms with Crippen LogP contribution in [0.25, 0.3) is 0 Å². The molecule has 1 aliphatic rings. The second-order valence-electron chi connectivity index (χ2n) is 6.58. The zero-order chi connectivity index (χ0) is 20.3. The van der Waals surface area contributed by atoms with Gasteiger partial charge in [0.15, 0.2) is 0 Å². The van der Waals surface area contributed by atoms with E-state index in [4.69, 9.17) is 0 Å². The molecule has 28 heavy (non-hydrogen) atoms. The number of halogens is 2. The maximum atomic E-state index is 14.3. The average Bonchev–Trinajstić information content (AvgIpc) is 2.97. The van der Waals surface area contributed by atoms with Crippen molar-refractivity contribution in [2.24, 2.45) is 0 Å². The first kappa shape index (κ1) is 20.3. The lowest BCUT2D eigenvalue weighted by Gasteiger charge is -2.28. The molecule has 0 spiro atoms. The molecular weight excluding hydrogens is 382 g/mol. The number of carbonyl (C=O) groups is 2. The molecule has 7 heteroatoms. The largest absolute Gasteiger partial charge is 0.337 e. The van der Waals surface area contributed by atoms with Crippen LogP contribution in [0, 0.1) is 11.6 Å². The molecule has 0 radical (unpaired) electrons. The molecule has 0 bridgehead atoms. The fourth-order valence-corrected chi connectivity index (χ4v) is 4.59. The highest BCUT2D eigenvalue weighted by Crippen LogP contribution is 2.43. The number of rotatable bonds is 6. The smallest absolute Gasteiger partial charge is 0.254 e. The van der Waals surface area contributed by atoms with Crippen molar-refractivity contribution >= 4 is 23.6 Å². The summed E-state index contributed by atoms with van der Waals surface area (Å²) in [5, 5.41) is -0.703. The molecule has 2 atom stereocenters. The van der Waals surface area contributed by atoms with Gasteiger partial charge in [-0.05, 0) is 38.1 Å². The summed E-state index contributed by atoms with van der Waals surface area (Å²) in [4.78, 5) is 28.5. The normalized spacial score (nSPS) is 19.1. The van der Waals surface area contributed by atoms with E-state index in [0.717, 1.165) is 0 Å². The number of carbonyl (C=O) groups excluding carboxylic acids is 2. The van der Waals surface area contributed by atoms with Crippen LogP contribution in [-0.2, 0) is 4.79 Å². The van der Waals surface area contributed by atoms with Crippen LogP contribution in [0.5, 0.6) is 0 Å². The zero-order valence-corrected chi connectivity index (χ0v) is 16.6. The molecule has 1 saturated heterocycles. The average molecular weight is 404 g/mol. The summed E-state index contributed by atoms with van der Waals surface area (Å²) in [6.45, 7) is 4.62. The lowest BCUT2D eigenvalue weighted by molar-refractivity contribution is -0.130. The molecule has 3 rings (SSSR count). The van der Waals surface area contributed by atoms with Gasteiger partial charge >= 0.3 is 0 Å². The predicted molar refractivity (Wildman–Crippen MR) is 106 cm³/mol. The summed E-state index contributed by atoms with van der Waals surface area (Å²) in [5.41, 5.74) is 0.729. The zero-order valence-electron chi connectivity index (χ0n) is 15.8. The number of amides is 2. The Labute approximate surface area is 167 Å². The third kappa shape index (κ3) is 4.19. The van der Waals surface area contributed by atoms with Gasteiger partial charge in [0.2, 0.25) is 5.91 Å². The molecule has 0 saturated carbocycles. The predicted octanol–water partition coefficient (Wildman–Crippen LogP) is 4.09. The molecule has 0 unspecified atom stereocenters. The van der Waals surface area contributed by atoms with Crippen molar-refractivity contribution in [2.45, 2.75) is 24.5 Å². The van der Waals surface area contributed by atoms with Gasteiger partial charge in [0, 0.05) is 30.8 Å². The Hall–Kier alpha value is -2.41. The highest BCUT2D eigenvalue weighted by molar-refractivity contribution is 8.01. The van der Waals surface area contributed by atoms with Crippen molar-refractivity contribution in [3.05, 3.63) is 71.3 Å². The van der Waals surface area contributed by atoms with Crippen LogP contribution >= 0.6 is 11.8 Å².